The number of hydrogen-bond donors (Lipinski definition) is 1. The standard InChI is InChI=1S/C20H22N4O2S/c25-24(26)17-8-9-18-19(12-17)27-20(22-18)21-13-15-6-2-3-7-16(15)14-23-10-4-1-5-11-23/h2-3,6-9,12H,1,4-5,10-11,13-14H2,(H,21,22). The molecule has 2 heterocycles. The zero-order valence-electron chi connectivity index (χ0n) is 15.1. The van der Waals surface area contributed by atoms with Gasteiger partial charge in [-0.25, -0.2) is 4.98 Å². The number of benzene rings is 2. The number of fused-ring (bicyclic) bond motifs is 1. The van der Waals surface area contributed by atoms with Crippen molar-refractivity contribution < 1.29 is 4.92 Å². The highest BCUT2D eigenvalue weighted by Gasteiger charge is 2.13. The Balaban J connectivity index is 1.47. The third-order valence-corrected chi connectivity index (χ3v) is 5.95. The van der Waals surface area contributed by atoms with Crippen molar-refractivity contribution in [2.24, 2.45) is 0 Å². The molecule has 4 rings (SSSR count). The smallest absolute Gasteiger partial charge is 0.270 e. The van der Waals surface area contributed by atoms with Crippen molar-refractivity contribution >= 4 is 32.4 Å². The van der Waals surface area contributed by atoms with E-state index in [0.29, 0.717) is 6.54 Å². The Bertz CT molecular complexity index is 950. The number of non-ortho nitro benzene ring substituents is 1. The highest BCUT2D eigenvalue weighted by Crippen LogP contribution is 2.29. The van der Waals surface area contributed by atoms with Gasteiger partial charge in [0.25, 0.3) is 5.69 Å². The molecule has 0 unspecified atom stereocenters. The molecule has 0 saturated carbocycles. The fourth-order valence-corrected chi connectivity index (χ4v) is 4.41. The van der Waals surface area contributed by atoms with Gasteiger partial charge in [0, 0.05) is 25.2 Å². The molecule has 0 amide bonds. The number of nitro benzene ring substituents is 1. The Labute approximate surface area is 162 Å². The van der Waals surface area contributed by atoms with Crippen molar-refractivity contribution in [1.82, 2.24) is 9.88 Å². The van der Waals surface area contributed by atoms with Gasteiger partial charge in [-0.3, -0.25) is 15.0 Å². The van der Waals surface area contributed by atoms with E-state index < -0.39 is 0 Å². The fourth-order valence-electron chi connectivity index (χ4n) is 3.52. The number of piperidine rings is 1. The summed E-state index contributed by atoms with van der Waals surface area (Å²) in [6.07, 6.45) is 3.92. The molecule has 0 aliphatic carbocycles. The van der Waals surface area contributed by atoms with Crippen LogP contribution >= 0.6 is 11.3 Å². The van der Waals surface area contributed by atoms with Crippen LogP contribution in [-0.4, -0.2) is 27.9 Å². The number of aromatic nitrogens is 1. The van der Waals surface area contributed by atoms with Crippen LogP contribution in [0.15, 0.2) is 42.5 Å². The second kappa shape index (κ2) is 8.02. The van der Waals surface area contributed by atoms with E-state index in [1.165, 1.54) is 60.9 Å². The van der Waals surface area contributed by atoms with Gasteiger partial charge >= 0.3 is 0 Å². The Morgan fingerprint density at radius 3 is 2.67 bits per heavy atom. The van der Waals surface area contributed by atoms with E-state index in [1.54, 1.807) is 12.1 Å². The molecule has 6 nitrogen and oxygen atoms in total. The summed E-state index contributed by atoms with van der Waals surface area (Å²) < 4.78 is 0.827. The lowest BCUT2D eigenvalue weighted by Crippen LogP contribution is -2.29. The summed E-state index contributed by atoms with van der Waals surface area (Å²) in [5, 5.41) is 15.1. The van der Waals surface area contributed by atoms with Crippen LogP contribution in [0.4, 0.5) is 10.8 Å². The molecule has 27 heavy (non-hydrogen) atoms. The molecule has 1 aliphatic rings. The van der Waals surface area contributed by atoms with Crippen LogP contribution in [0.2, 0.25) is 0 Å². The maximum Gasteiger partial charge on any atom is 0.270 e. The van der Waals surface area contributed by atoms with E-state index in [0.717, 1.165) is 21.9 Å². The number of anilines is 1. The Hall–Kier alpha value is -2.51. The predicted octanol–water partition coefficient (Wildman–Crippen LogP) is 4.80. The zero-order valence-corrected chi connectivity index (χ0v) is 15.9. The van der Waals surface area contributed by atoms with E-state index in [4.69, 9.17) is 0 Å². The third-order valence-electron chi connectivity index (χ3n) is 4.97. The van der Waals surface area contributed by atoms with Gasteiger partial charge in [-0.1, -0.05) is 42.0 Å². The molecule has 2 aromatic carbocycles. The summed E-state index contributed by atoms with van der Waals surface area (Å²) in [4.78, 5) is 17.6. The number of likely N-dealkylation sites (tertiary alicyclic amines) is 1. The first-order valence-corrected chi connectivity index (χ1v) is 10.1. The number of rotatable bonds is 6. The Kier molecular flexibility index (Phi) is 5.31. The summed E-state index contributed by atoms with van der Waals surface area (Å²) in [6.45, 7) is 4.05. The lowest BCUT2D eigenvalue weighted by atomic mass is 10.1. The van der Waals surface area contributed by atoms with Crippen LogP contribution < -0.4 is 5.32 Å². The number of nitro groups is 1. The van der Waals surface area contributed by atoms with Crippen molar-refractivity contribution in [1.29, 1.82) is 0 Å². The van der Waals surface area contributed by atoms with E-state index in [2.05, 4.69) is 39.5 Å². The minimum atomic E-state index is -0.372. The minimum Gasteiger partial charge on any atom is -0.357 e. The molecule has 0 atom stereocenters. The van der Waals surface area contributed by atoms with E-state index >= 15 is 0 Å². The van der Waals surface area contributed by atoms with Crippen LogP contribution in [0.1, 0.15) is 30.4 Å². The van der Waals surface area contributed by atoms with Gasteiger partial charge in [0.05, 0.1) is 15.1 Å². The van der Waals surface area contributed by atoms with Gasteiger partial charge in [-0.2, -0.15) is 0 Å². The molecule has 1 aromatic heterocycles. The van der Waals surface area contributed by atoms with Crippen molar-refractivity contribution in [3.8, 4) is 0 Å². The number of thiazole rings is 1. The fraction of sp³-hybridized carbons (Fsp3) is 0.350. The lowest BCUT2D eigenvalue weighted by molar-refractivity contribution is -0.384. The molecule has 1 saturated heterocycles. The van der Waals surface area contributed by atoms with Gasteiger partial charge in [0.15, 0.2) is 5.13 Å². The molecule has 0 spiro atoms. The van der Waals surface area contributed by atoms with Gasteiger partial charge in [-0.15, -0.1) is 0 Å². The molecule has 3 aromatic rings. The average molecular weight is 382 g/mol. The van der Waals surface area contributed by atoms with Gasteiger partial charge in [-0.05, 0) is 43.1 Å². The number of hydrogen-bond acceptors (Lipinski definition) is 6. The molecule has 0 bridgehead atoms. The van der Waals surface area contributed by atoms with Gasteiger partial charge in [0.2, 0.25) is 0 Å². The Morgan fingerprint density at radius 1 is 1.11 bits per heavy atom. The quantitative estimate of drug-likeness (QED) is 0.490. The molecule has 1 fully saturated rings. The van der Waals surface area contributed by atoms with Crippen molar-refractivity contribution in [2.45, 2.75) is 32.4 Å². The zero-order chi connectivity index (χ0) is 18.6. The molecule has 1 N–H and O–H groups in total. The minimum absolute atomic E-state index is 0.101. The topological polar surface area (TPSA) is 71.3 Å². The second-order valence-electron chi connectivity index (χ2n) is 6.89. The molecular weight excluding hydrogens is 360 g/mol. The molecule has 0 radical (unpaired) electrons. The van der Waals surface area contributed by atoms with Crippen molar-refractivity contribution in [2.75, 3.05) is 18.4 Å². The monoisotopic (exact) mass is 382 g/mol. The van der Waals surface area contributed by atoms with Gasteiger partial charge in [0.1, 0.15) is 0 Å². The summed E-state index contributed by atoms with van der Waals surface area (Å²) in [5.41, 5.74) is 3.51. The average Bonchev–Trinajstić information content (AvgIpc) is 3.10. The summed E-state index contributed by atoms with van der Waals surface area (Å²) >= 11 is 1.45. The van der Waals surface area contributed by atoms with Crippen LogP contribution in [-0.2, 0) is 13.1 Å². The predicted molar refractivity (Wildman–Crippen MR) is 109 cm³/mol. The number of nitrogens with one attached hydrogen (secondary N) is 1. The van der Waals surface area contributed by atoms with Crippen molar-refractivity contribution in [3.63, 3.8) is 0 Å². The second-order valence-corrected chi connectivity index (χ2v) is 7.92. The first-order chi connectivity index (χ1) is 13.2. The number of nitrogens with zero attached hydrogens (tertiary/aromatic N) is 3. The largest absolute Gasteiger partial charge is 0.357 e. The van der Waals surface area contributed by atoms with E-state index in [-0.39, 0.29) is 10.6 Å². The van der Waals surface area contributed by atoms with Crippen LogP contribution in [0.5, 0.6) is 0 Å². The summed E-state index contributed by atoms with van der Waals surface area (Å²) in [5.74, 6) is 0. The summed E-state index contributed by atoms with van der Waals surface area (Å²) in [7, 11) is 0. The first-order valence-electron chi connectivity index (χ1n) is 9.27. The van der Waals surface area contributed by atoms with E-state index in [9.17, 15) is 10.1 Å². The molecule has 140 valence electrons. The Morgan fingerprint density at radius 2 is 1.89 bits per heavy atom. The lowest BCUT2D eigenvalue weighted by Gasteiger charge is -2.27. The van der Waals surface area contributed by atoms with Crippen LogP contribution in [0.25, 0.3) is 10.2 Å². The van der Waals surface area contributed by atoms with Crippen LogP contribution in [0.3, 0.4) is 0 Å². The van der Waals surface area contributed by atoms with E-state index in [1.807, 2.05) is 0 Å². The summed E-state index contributed by atoms with van der Waals surface area (Å²) in [6, 6.07) is 13.3. The SMILES string of the molecule is O=[N+]([O-])c1ccc2nc(NCc3ccccc3CN3CCCCC3)sc2c1. The van der Waals surface area contributed by atoms with Crippen molar-refractivity contribution in [3.05, 3.63) is 63.7 Å². The van der Waals surface area contributed by atoms with Gasteiger partial charge < -0.3 is 5.32 Å². The third kappa shape index (κ3) is 4.26. The van der Waals surface area contributed by atoms with Crippen LogP contribution in [0, 0.1) is 10.1 Å². The maximum atomic E-state index is 10.9. The molecular formula is C20H22N4O2S. The first kappa shape index (κ1) is 17.9. The normalized spacial score (nSPS) is 15.1. The molecule has 7 heteroatoms. The highest BCUT2D eigenvalue weighted by molar-refractivity contribution is 7.22. The maximum absolute atomic E-state index is 10.9. The highest BCUT2D eigenvalue weighted by atomic mass is 32.1. The molecule has 1 aliphatic heterocycles.